The third-order valence-electron chi connectivity index (χ3n) is 4.76. The van der Waals surface area contributed by atoms with Crippen molar-refractivity contribution in [2.24, 2.45) is 0 Å². The van der Waals surface area contributed by atoms with E-state index in [0.717, 1.165) is 0 Å². The standard InChI is InChI=1S/C20H25F3N2O2SSi/c1-29(2,3)12-9-16-13-17-18(24-15-7-10-28(26,27)11-8-15)5-4-6-19(17)25(16)14-20(21,22)23/h4-6,13,15,24H,7-8,10-11,14H2,1-3H3. The average Bonchev–Trinajstić information content (AvgIpc) is 2.91. The summed E-state index contributed by atoms with van der Waals surface area (Å²) in [6.45, 7) is 5.03. The molecule has 4 nitrogen and oxygen atoms in total. The highest BCUT2D eigenvalue weighted by Crippen LogP contribution is 2.31. The van der Waals surface area contributed by atoms with Gasteiger partial charge in [0.1, 0.15) is 24.5 Å². The number of rotatable bonds is 3. The number of hydrogen-bond acceptors (Lipinski definition) is 3. The third-order valence-corrected chi connectivity index (χ3v) is 7.35. The molecule has 1 N–H and O–H groups in total. The number of nitrogens with zero attached hydrogens (tertiary/aromatic N) is 1. The molecule has 0 unspecified atom stereocenters. The second kappa shape index (κ2) is 7.72. The topological polar surface area (TPSA) is 51.1 Å². The van der Waals surface area contributed by atoms with Crippen LogP contribution in [0, 0.1) is 11.5 Å². The quantitative estimate of drug-likeness (QED) is 0.566. The van der Waals surface area contributed by atoms with Gasteiger partial charge in [0, 0.05) is 17.1 Å². The highest BCUT2D eigenvalue weighted by molar-refractivity contribution is 7.91. The molecule has 0 amide bonds. The molecule has 0 atom stereocenters. The second-order valence-electron chi connectivity index (χ2n) is 8.54. The molecule has 29 heavy (non-hydrogen) atoms. The maximum Gasteiger partial charge on any atom is 0.406 e. The van der Waals surface area contributed by atoms with Gasteiger partial charge in [-0.15, -0.1) is 5.54 Å². The van der Waals surface area contributed by atoms with Gasteiger partial charge < -0.3 is 9.88 Å². The number of halogens is 3. The number of anilines is 1. The Balaban J connectivity index is 2.01. The van der Waals surface area contributed by atoms with Gasteiger partial charge in [-0.05, 0) is 31.0 Å². The van der Waals surface area contributed by atoms with Crippen LogP contribution in [0.2, 0.25) is 19.6 Å². The number of sulfone groups is 1. The van der Waals surface area contributed by atoms with Gasteiger partial charge in [0.15, 0.2) is 0 Å². The summed E-state index contributed by atoms with van der Waals surface area (Å²) >= 11 is 0. The van der Waals surface area contributed by atoms with Crippen molar-refractivity contribution in [2.75, 3.05) is 16.8 Å². The van der Waals surface area contributed by atoms with E-state index >= 15 is 0 Å². The van der Waals surface area contributed by atoms with Crippen LogP contribution in [-0.2, 0) is 16.4 Å². The smallest absolute Gasteiger partial charge is 0.382 e. The zero-order valence-corrected chi connectivity index (χ0v) is 18.5. The number of benzene rings is 1. The summed E-state index contributed by atoms with van der Waals surface area (Å²) in [4.78, 5) is 0. The lowest BCUT2D eigenvalue weighted by Gasteiger charge is -2.24. The van der Waals surface area contributed by atoms with E-state index in [1.807, 2.05) is 25.7 Å². The molecule has 0 saturated carbocycles. The van der Waals surface area contributed by atoms with Crippen molar-refractivity contribution in [1.82, 2.24) is 4.57 Å². The van der Waals surface area contributed by atoms with Crippen molar-refractivity contribution < 1.29 is 21.6 Å². The molecule has 3 rings (SSSR count). The van der Waals surface area contributed by atoms with Crippen molar-refractivity contribution in [1.29, 1.82) is 0 Å². The first kappa shape index (κ1) is 21.8. The zero-order valence-electron chi connectivity index (χ0n) is 16.7. The summed E-state index contributed by atoms with van der Waals surface area (Å²) in [5.41, 5.74) is 4.68. The van der Waals surface area contributed by atoms with Gasteiger partial charge in [0.25, 0.3) is 0 Å². The van der Waals surface area contributed by atoms with Crippen LogP contribution in [0.5, 0.6) is 0 Å². The number of alkyl halides is 3. The van der Waals surface area contributed by atoms with Gasteiger partial charge in [-0.25, -0.2) is 8.42 Å². The molecule has 0 aliphatic carbocycles. The predicted octanol–water partition coefficient (Wildman–Crippen LogP) is 4.42. The van der Waals surface area contributed by atoms with Crippen molar-refractivity contribution in [3.05, 3.63) is 30.0 Å². The Morgan fingerprint density at radius 1 is 1.21 bits per heavy atom. The Morgan fingerprint density at radius 2 is 1.86 bits per heavy atom. The minimum Gasteiger partial charge on any atom is -0.382 e. The average molecular weight is 443 g/mol. The van der Waals surface area contributed by atoms with Crippen molar-refractivity contribution in [3.63, 3.8) is 0 Å². The second-order valence-corrected chi connectivity index (χ2v) is 15.6. The van der Waals surface area contributed by atoms with Crippen molar-refractivity contribution in [2.45, 2.75) is 51.2 Å². The molecule has 1 aliphatic heterocycles. The van der Waals surface area contributed by atoms with Crippen LogP contribution in [0.1, 0.15) is 18.5 Å². The van der Waals surface area contributed by atoms with E-state index < -0.39 is 30.6 Å². The number of fused-ring (bicyclic) bond motifs is 1. The Hall–Kier alpha value is -1.92. The molecule has 1 fully saturated rings. The van der Waals surface area contributed by atoms with Crippen molar-refractivity contribution in [3.8, 4) is 11.5 Å². The molecule has 158 valence electrons. The van der Waals surface area contributed by atoms with E-state index in [0.29, 0.717) is 35.1 Å². The molecular formula is C20H25F3N2O2SSi. The maximum atomic E-state index is 13.2. The van der Waals surface area contributed by atoms with Gasteiger partial charge in [-0.1, -0.05) is 31.6 Å². The maximum absolute atomic E-state index is 13.2. The zero-order chi connectivity index (χ0) is 21.4. The first-order valence-electron chi connectivity index (χ1n) is 9.52. The first-order chi connectivity index (χ1) is 13.3. The lowest BCUT2D eigenvalue weighted by atomic mass is 10.1. The Kier molecular flexibility index (Phi) is 5.80. The van der Waals surface area contributed by atoms with Crippen LogP contribution in [0.3, 0.4) is 0 Å². The minimum absolute atomic E-state index is 0.0217. The fourth-order valence-corrected chi connectivity index (χ4v) is 5.36. The summed E-state index contributed by atoms with van der Waals surface area (Å²) in [7, 11) is -4.74. The Morgan fingerprint density at radius 3 is 2.45 bits per heavy atom. The van der Waals surface area contributed by atoms with E-state index in [4.69, 9.17) is 0 Å². The molecule has 0 bridgehead atoms. The number of hydrogen-bond donors (Lipinski definition) is 1. The largest absolute Gasteiger partial charge is 0.406 e. The van der Waals surface area contributed by atoms with Gasteiger partial charge in [-0.2, -0.15) is 13.2 Å². The van der Waals surface area contributed by atoms with Crippen LogP contribution in [0.15, 0.2) is 24.3 Å². The fraction of sp³-hybridized carbons (Fsp3) is 0.500. The lowest BCUT2D eigenvalue weighted by Crippen LogP contribution is -2.32. The van der Waals surface area contributed by atoms with E-state index in [9.17, 15) is 21.6 Å². The van der Waals surface area contributed by atoms with E-state index in [1.165, 1.54) is 4.57 Å². The molecule has 1 aromatic carbocycles. The molecule has 9 heteroatoms. The van der Waals surface area contributed by atoms with Gasteiger partial charge in [0.05, 0.1) is 22.7 Å². The highest BCUT2D eigenvalue weighted by Gasteiger charge is 2.30. The monoisotopic (exact) mass is 442 g/mol. The van der Waals surface area contributed by atoms with Crippen LogP contribution in [-0.4, -0.2) is 44.8 Å². The Bertz CT molecular complexity index is 1060. The van der Waals surface area contributed by atoms with Gasteiger partial charge >= 0.3 is 6.18 Å². The normalized spacial score (nSPS) is 17.7. The summed E-state index contributed by atoms with van der Waals surface area (Å²) in [6, 6.07) is 6.88. The predicted molar refractivity (Wildman–Crippen MR) is 114 cm³/mol. The van der Waals surface area contributed by atoms with Crippen LogP contribution in [0.4, 0.5) is 18.9 Å². The number of aromatic nitrogens is 1. The lowest BCUT2D eigenvalue weighted by molar-refractivity contribution is -0.140. The minimum atomic E-state index is -4.36. The molecule has 1 aliphatic rings. The molecule has 1 saturated heterocycles. The molecule has 2 heterocycles. The molecule has 1 aromatic heterocycles. The van der Waals surface area contributed by atoms with Crippen LogP contribution >= 0.6 is 0 Å². The molecule has 0 spiro atoms. The molecule has 0 radical (unpaired) electrons. The van der Waals surface area contributed by atoms with E-state index in [1.54, 1.807) is 18.2 Å². The van der Waals surface area contributed by atoms with Gasteiger partial charge in [-0.3, -0.25) is 0 Å². The van der Waals surface area contributed by atoms with E-state index in [-0.39, 0.29) is 17.5 Å². The number of nitrogens with one attached hydrogen (secondary N) is 1. The van der Waals surface area contributed by atoms with Crippen LogP contribution in [0.25, 0.3) is 10.9 Å². The van der Waals surface area contributed by atoms with Crippen LogP contribution < -0.4 is 5.32 Å². The fourth-order valence-electron chi connectivity index (χ4n) is 3.37. The summed E-state index contributed by atoms with van der Waals surface area (Å²) < 4.78 is 64.2. The third kappa shape index (κ3) is 5.79. The SMILES string of the molecule is C[Si](C)(C)C#Cc1cc2c(NC3CCS(=O)(=O)CC3)cccc2n1CC(F)(F)F. The Labute approximate surface area is 170 Å². The summed E-state index contributed by atoms with van der Waals surface area (Å²) in [6.07, 6.45) is -3.38. The summed E-state index contributed by atoms with van der Waals surface area (Å²) in [5.74, 6) is 3.23. The highest BCUT2D eigenvalue weighted by atomic mass is 32.2. The van der Waals surface area contributed by atoms with E-state index in [2.05, 4.69) is 16.8 Å². The van der Waals surface area contributed by atoms with Gasteiger partial charge in [0.2, 0.25) is 0 Å². The first-order valence-corrected chi connectivity index (χ1v) is 14.8. The summed E-state index contributed by atoms with van der Waals surface area (Å²) in [5, 5.41) is 4.01. The molecule has 2 aromatic rings. The molecular weight excluding hydrogens is 417 g/mol. The van der Waals surface area contributed by atoms with Crippen molar-refractivity contribution >= 4 is 34.5 Å².